The third-order valence-corrected chi connectivity index (χ3v) is 2.36. The van der Waals surface area contributed by atoms with Crippen molar-refractivity contribution in [2.45, 2.75) is 13.3 Å². The minimum Gasteiger partial charge on any atom is -0.494 e. The number of carbonyl (C=O) groups excluding carboxylic acids is 2. The third-order valence-electron chi connectivity index (χ3n) is 2.36. The average molecular weight is 289 g/mol. The lowest BCUT2D eigenvalue weighted by Crippen LogP contribution is -2.29. The fourth-order valence-electron chi connectivity index (χ4n) is 1.43. The highest BCUT2D eigenvalue weighted by molar-refractivity contribution is 5.97. The van der Waals surface area contributed by atoms with E-state index in [-0.39, 0.29) is 12.3 Å². The Balaban J connectivity index is 2.37. The number of rotatable bonds is 8. The lowest BCUT2D eigenvalue weighted by atomic mass is 10.2. The first-order chi connectivity index (χ1) is 10.2. The molecule has 1 rings (SSSR count). The molecular formula is C15H19N3O3. The molecule has 6 heteroatoms. The highest BCUT2D eigenvalue weighted by atomic mass is 16.5. The van der Waals surface area contributed by atoms with E-state index in [1.165, 1.54) is 6.21 Å². The van der Waals surface area contributed by atoms with Crippen LogP contribution in [-0.4, -0.2) is 31.2 Å². The van der Waals surface area contributed by atoms with Gasteiger partial charge in [-0.2, -0.15) is 5.10 Å². The van der Waals surface area contributed by atoms with Gasteiger partial charge in [0.2, 0.25) is 11.8 Å². The second-order valence-electron chi connectivity index (χ2n) is 4.06. The van der Waals surface area contributed by atoms with Crippen molar-refractivity contribution in [3.8, 4) is 5.75 Å². The number of nitrogens with one attached hydrogen (secondary N) is 2. The fourth-order valence-corrected chi connectivity index (χ4v) is 1.43. The molecular weight excluding hydrogens is 270 g/mol. The van der Waals surface area contributed by atoms with Crippen LogP contribution in [0.1, 0.15) is 18.9 Å². The van der Waals surface area contributed by atoms with Gasteiger partial charge < -0.3 is 10.1 Å². The highest BCUT2D eigenvalue weighted by Crippen LogP contribution is 2.10. The lowest BCUT2D eigenvalue weighted by Gasteiger charge is -2.02. The van der Waals surface area contributed by atoms with E-state index in [9.17, 15) is 9.59 Å². The van der Waals surface area contributed by atoms with Gasteiger partial charge in [-0.15, -0.1) is 6.58 Å². The van der Waals surface area contributed by atoms with E-state index in [1.54, 1.807) is 6.08 Å². The first-order valence-electron chi connectivity index (χ1n) is 6.58. The molecule has 0 unspecified atom stereocenters. The number of nitrogens with zero attached hydrogens (tertiary/aromatic N) is 1. The molecule has 0 aromatic heterocycles. The number of amides is 2. The van der Waals surface area contributed by atoms with Gasteiger partial charge in [0.25, 0.3) is 0 Å². The normalized spacial score (nSPS) is 10.1. The molecule has 0 heterocycles. The maximum absolute atomic E-state index is 11.4. The molecule has 112 valence electrons. The third kappa shape index (κ3) is 6.91. The molecule has 2 N–H and O–H groups in total. The van der Waals surface area contributed by atoms with Crippen LogP contribution in [0.15, 0.2) is 42.0 Å². The molecule has 1 aromatic rings. The van der Waals surface area contributed by atoms with E-state index in [2.05, 4.69) is 22.4 Å². The van der Waals surface area contributed by atoms with Gasteiger partial charge in [0.1, 0.15) is 12.2 Å². The summed E-state index contributed by atoms with van der Waals surface area (Å²) in [4.78, 5) is 22.7. The van der Waals surface area contributed by atoms with Crippen LogP contribution >= 0.6 is 0 Å². The minimum atomic E-state index is -0.473. The second kappa shape index (κ2) is 9.30. The van der Waals surface area contributed by atoms with Gasteiger partial charge in [-0.05, 0) is 36.8 Å². The molecule has 0 bridgehead atoms. The Bertz CT molecular complexity index is 509. The molecule has 0 aliphatic rings. The highest BCUT2D eigenvalue weighted by Gasteiger charge is 2.06. The molecule has 6 nitrogen and oxygen atoms in total. The van der Waals surface area contributed by atoms with Crippen LogP contribution < -0.4 is 15.5 Å². The fraction of sp³-hybridized carbons (Fsp3) is 0.267. The Hall–Kier alpha value is -2.63. The van der Waals surface area contributed by atoms with E-state index in [0.717, 1.165) is 11.3 Å². The summed E-state index contributed by atoms with van der Waals surface area (Å²) in [6, 6.07) is 7.26. The first-order valence-corrected chi connectivity index (χ1v) is 6.58. The van der Waals surface area contributed by atoms with E-state index in [0.29, 0.717) is 13.2 Å². The van der Waals surface area contributed by atoms with Crippen LogP contribution in [0.25, 0.3) is 0 Å². The van der Waals surface area contributed by atoms with Crippen LogP contribution in [0.5, 0.6) is 5.75 Å². The maximum Gasteiger partial charge on any atom is 0.249 e. The van der Waals surface area contributed by atoms with Crippen LogP contribution in [0.3, 0.4) is 0 Å². The zero-order chi connectivity index (χ0) is 15.5. The Morgan fingerprint density at radius 3 is 2.62 bits per heavy atom. The van der Waals surface area contributed by atoms with Gasteiger partial charge in [0, 0.05) is 6.54 Å². The summed E-state index contributed by atoms with van der Waals surface area (Å²) >= 11 is 0. The van der Waals surface area contributed by atoms with Crippen LogP contribution in [0.2, 0.25) is 0 Å². The molecule has 0 aliphatic carbocycles. The van der Waals surface area contributed by atoms with Crippen molar-refractivity contribution in [3.05, 3.63) is 42.5 Å². The number of benzene rings is 1. The zero-order valence-corrected chi connectivity index (χ0v) is 12.0. The number of hydrazone groups is 1. The van der Waals surface area contributed by atoms with E-state index >= 15 is 0 Å². The SMILES string of the molecule is C=CCNC(=O)CC(=O)N/N=C\c1ccc(OCC)cc1. The van der Waals surface area contributed by atoms with Gasteiger partial charge in [0.05, 0.1) is 12.8 Å². The number of carbonyl (C=O) groups is 2. The van der Waals surface area contributed by atoms with Crippen molar-refractivity contribution in [2.24, 2.45) is 5.10 Å². The molecule has 21 heavy (non-hydrogen) atoms. The number of hydrogen-bond acceptors (Lipinski definition) is 4. The van der Waals surface area contributed by atoms with Crippen molar-refractivity contribution in [1.82, 2.24) is 10.7 Å². The smallest absolute Gasteiger partial charge is 0.249 e. The molecule has 0 fully saturated rings. The van der Waals surface area contributed by atoms with Crippen molar-refractivity contribution in [2.75, 3.05) is 13.2 Å². The van der Waals surface area contributed by atoms with Gasteiger partial charge in [-0.1, -0.05) is 6.08 Å². The molecule has 2 amide bonds. The molecule has 0 atom stereocenters. The standard InChI is InChI=1S/C15H19N3O3/c1-3-9-16-14(19)10-15(20)18-17-11-12-5-7-13(8-6-12)21-4-2/h3,5-8,11H,1,4,9-10H2,2H3,(H,16,19)(H,18,20)/b17-11-. The van der Waals surface area contributed by atoms with E-state index in [4.69, 9.17) is 4.74 Å². The largest absolute Gasteiger partial charge is 0.494 e. The molecule has 0 saturated carbocycles. The summed E-state index contributed by atoms with van der Waals surface area (Å²) in [5.41, 5.74) is 3.11. The van der Waals surface area contributed by atoms with Crippen LogP contribution in [0, 0.1) is 0 Å². The average Bonchev–Trinajstić information content (AvgIpc) is 2.47. The monoisotopic (exact) mass is 289 g/mol. The summed E-state index contributed by atoms with van der Waals surface area (Å²) < 4.78 is 5.31. The van der Waals surface area contributed by atoms with Crippen molar-refractivity contribution < 1.29 is 14.3 Å². The van der Waals surface area contributed by atoms with Crippen molar-refractivity contribution >= 4 is 18.0 Å². The zero-order valence-electron chi connectivity index (χ0n) is 12.0. The molecule has 0 spiro atoms. The molecule has 0 radical (unpaired) electrons. The molecule has 0 aliphatic heterocycles. The Morgan fingerprint density at radius 1 is 1.29 bits per heavy atom. The van der Waals surface area contributed by atoms with Gasteiger partial charge in [-0.3, -0.25) is 9.59 Å². The second-order valence-corrected chi connectivity index (χ2v) is 4.06. The lowest BCUT2D eigenvalue weighted by molar-refractivity contribution is -0.129. The summed E-state index contributed by atoms with van der Waals surface area (Å²) in [6.07, 6.45) is 2.77. The Kier molecular flexibility index (Phi) is 7.28. The summed E-state index contributed by atoms with van der Waals surface area (Å²) in [5, 5.41) is 6.29. The number of ether oxygens (including phenoxy) is 1. The van der Waals surface area contributed by atoms with Gasteiger partial charge >= 0.3 is 0 Å². The quantitative estimate of drug-likeness (QED) is 0.327. The Morgan fingerprint density at radius 2 is 2.00 bits per heavy atom. The van der Waals surface area contributed by atoms with Crippen LogP contribution in [0.4, 0.5) is 0 Å². The first kappa shape index (κ1) is 16.4. The summed E-state index contributed by atoms with van der Waals surface area (Å²) in [6.45, 7) is 6.32. The minimum absolute atomic E-state index is 0.269. The predicted octanol–water partition coefficient (Wildman–Crippen LogP) is 1.23. The van der Waals surface area contributed by atoms with Gasteiger partial charge in [-0.25, -0.2) is 5.43 Å². The molecule has 1 aromatic carbocycles. The Labute approximate surface area is 123 Å². The van der Waals surface area contributed by atoms with Gasteiger partial charge in [0.15, 0.2) is 0 Å². The van der Waals surface area contributed by atoms with Crippen LogP contribution in [-0.2, 0) is 9.59 Å². The predicted molar refractivity (Wildman–Crippen MR) is 81.2 cm³/mol. The topological polar surface area (TPSA) is 79.8 Å². The number of hydrogen-bond donors (Lipinski definition) is 2. The molecule has 0 saturated heterocycles. The summed E-state index contributed by atoms with van der Waals surface area (Å²) in [5.74, 6) is -0.0695. The van der Waals surface area contributed by atoms with Crippen molar-refractivity contribution in [1.29, 1.82) is 0 Å². The summed E-state index contributed by atoms with van der Waals surface area (Å²) in [7, 11) is 0. The van der Waals surface area contributed by atoms with Crippen molar-refractivity contribution in [3.63, 3.8) is 0 Å². The van der Waals surface area contributed by atoms with E-state index in [1.807, 2.05) is 31.2 Å². The van der Waals surface area contributed by atoms with E-state index < -0.39 is 5.91 Å². The maximum atomic E-state index is 11.4.